The van der Waals surface area contributed by atoms with Crippen molar-refractivity contribution in [3.05, 3.63) is 0 Å². The molecule has 0 aromatic rings. The van der Waals surface area contributed by atoms with E-state index in [4.69, 9.17) is 0 Å². The molecule has 2 heteroatoms. The predicted molar refractivity (Wildman–Crippen MR) is 46.5 cm³/mol. The molecule has 0 saturated carbocycles. The molecule has 66 valence electrons. The van der Waals surface area contributed by atoms with Gasteiger partial charge >= 0.3 is 0 Å². The first-order chi connectivity index (χ1) is 4.93. The second kappa shape index (κ2) is 2.76. The normalized spacial score (nSPS) is 34.6. The van der Waals surface area contributed by atoms with Crippen molar-refractivity contribution in [2.75, 3.05) is 6.54 Å². The van der Waals surface area contributed by atoms with Gasteiger partial charge in [-0.25, -0.2) is 0 Å². The first kappa shape index (κ1) is 9.01. The SMILES string of the molecule is C[C@H]1[C@@H](O)CCN1C(C)(C)C. The van der Waals surface area contributed by atoms with Gasteiger partial charge in [0.25, 0.3) is 0 Å². The van der Waals surface area contributed by atoms with Gasteiger partial charge in [0.15, 0.2) is 0 Å². The maximum atomic E-state index is 9.49. The van der Waals surface area contributed by atoms with Crippen LogP contribution in [0.15, 0.2) is 0 Å². The number of aliphatic hydroxyl groups excluding tert-OH is 1. The summed E-state index contributed by atoms with van der Waals surface area (Å²) in [5, 5.41) is 9.49. The van der Waals surface area contributed by atoms with Crippen LogP contribution in [0.1, 0.15) is 34.1 Å². The molecular weight excluding hydrogens is 138 g/mol. The Hall–Kier alpha value is -0.0800. The molecule has 2 nitrogen and oxygen atoms in total. The summed E-state index contributed by atoms with van der Waals surface area (Å²) in [5.74, 6) is 0. The lowest BCUT2D eigenvalue weighted by Gasteiger charge is -2.35. The predicted octanol–water partition coefficient (Wildman–Crippen LogP) is 1.24. The lowest BCUT2D eigenvalue weighted by atomic mass is 10.1. The molecule has 1 N–H and O–H groups in total. The van der Waals surface area contributed by atoms with Crippen molar-refractivity contribution in [2.24, 2.45) is 0 Å². The monoisotopic (exact) mass is 157 g/mol. The molecule has 11 heavy (non-hydrogen) atoms. The van der Waals surface area contributed by atoms with Crippen LogP contribution in [0.2, 0.25) is 0 Å². The van der Waals surface area contributed by atoms with Crippen molar-refractivity contribution >= 4 is 0 Å². The molecule has 1 aliphatic heterocycles. The second-order valence-electron chi connectivity index (χ2n) is 4.46. The van der Waals surface area contributed by atoms with Crippen LogP contribution in [0.25, 0.3) is 0 Å². The van der Waals surface area contributed by atoms with Gasteiger partial charge in [-0.3, -0.25) is 4.90 Å². The lowest BCUT2D eigenvalue weighted by Crippen LogP contribution is -2.45. The van der Waals surface area contributed by atoms with Gasteiger partial charge < -0.3 is 5.11 Å². The molecule has 0 aliphatic carbocycles. The van der Waals surface area contributed by atoms with E-state index in [0.29, 0.717) is 6.04 Å². The van der Waals surface area contributed by atoms with E-state index in [-0.39, 0.29) is 11.6 Å². The highest BCUT2D eigenvalue weighted by Crippen LogP contribution is 2.25. The summed E-state index contributed by atoms with van der Waals surface area (Å²) >= 11 is 0. The molecule has 1 aliphatic rings. The van der Waals surface area contributed by atoms with Crippen molar-refractivity contribution in [2.45, 2.75) is 51.8 Å². The zero-order chi connectivity index (χ0) is 8.65. The Bertz CT molecular complexity index is 139. The summed E-state index contributed by atoms with van der Waals surface area (Å²) in [5.41, 5.74) is 0.205. The molecular formula is C9H19NO. The lowest BCUT2D eigenvalue weighted by molar-refractivity contribution is 0.0743. The standard InChI is InChI=1S/C9H19NO/c1-7-8(11)5-6-10(7)9(2,3)4/h7-8,11H,5-6H2,1-4H3/t7-,8-/m0/s1. The van der Waals surface area contributed by atoms with E-state index >= 15 is 0 Å². The number of rotatable bonds is 0. The molecule has 1 fully saturated rings. The average Bonchev–Trinajstić information content (AvgIpc) is 2.11. The molecule has 0 amide bonds. The van der Waals surface area contributed by atoms with Crippen LogP contribution in [0.5, 0.6) is 0 Å². The highest BCUT2D eigenvalue weighted by molar-refractivity contribution is 4.90. The quantitative estimate of drug-likeness (QED) is 0.572. The third kappa shape index (κ3) is 1.74. The van der Waals surface area contributed by atoms with Crippen molar-refractivity contribution in [1.82, 2.24) is 4.90 Å². The maximum absolute atomic E-state index is 9.49. The zero-order valence-corrected chi connectivity index (χ0v) is 7.96. The van der Waals surface area contributed by atoms with Gasteiger partial charge in [-0.1, -0.05) is 0 Å². The summed E-state index contributed by atoms with van der Waals surface area (Å²) in [6, 6.07) is 0.329. The van der Waals surface area contributed by atoms with Crippen LogP contribution in [0, 0.1) is 0 Å². The zero-order valence-electron chi connectivity index (χ0n) is 7.96. The van der Waals surface area contributed by atoms with Gasteiger partial charge in [0, 0.05) is 18.1 Å². The van der Waals surface area contributed by atoms with Crippen molar-refractivity contribution in [1.29, 1.82) is 0 Å². The van der Waals surface area contributed by atoms with Crippen LogP contribution >= 0.6 is 0 Å². The van der Waals surface area contributed by atoms with Crippen molar-refractivity contribution < 1.29 is 5.11 Å². The summed E-state index contributed by atoms with van der Waals surface area (Å²) in [6.45, 7) is 9.72. The van der Waals surface area contributed by atoms with E-state index in [1.54, 1.807) is 0 Å². The maximum Gasteiger partial charge on any atom is 0.0705 e. The largest absolute Gasteiger partial charge is 0.391 e. The highest BCUT2D eigenvalue weighted by Gasteiger charge is 2.35. The van der Waals surface area contributed by atoms with Crippen LogP contribution in [-0.2, 0) is 0 Å². The minimum atomic E-state index is -0.116. The molecule has 1 rings (SSSR count). The van der Waals surface area contributed by atoms with E-state index in [2.05, 4.69) is 32.6 Å². The van der Waals surface area contributed by atoms with Crippen LogP contribution in [-0.4, -0.2) is 34.2 Å². The number of hydrogen-bond acceptors (Lipinski definition) is 2. The van der Waals surface area contributed by atoms with E-state index in [9.17, 15) is 5.11 Å². The van der Waals surface area contributed by atoms with E-state index < -0.39 is 0 Å². The summed E-state index contributed by atoms with van der Waals surface area (Å²) in [7, 11) is 0. The first-order valence-corrected chi connectivity index (χ1v) is 4.38. The summed E-state index contributed by atoms with van der Waals surface area (Å²) < 4.78 is 0. The van der Waals surface area contributed by atoms with Crippen molar-refractivity contribution in [3.8, 4) is 0 Å². The molecule has 1 heterocycles. The van der Waals surface area contributed by atoms with Gasteiger partial charge in [-0.15, -0.1) is 0 Å². The van der Waals surface area contributed by atoms with Crippen LogP contribution < -0.4 is 0 Å². The number of aliphatic hydroxyl groups is 1. The molecule has 0 spiro atoms. The van der Waals surface area contributed by atoms with Gasteiger partial charge in [-0.2, -0.15) is 0 Å². The van der Waals surface area contributed by atoms with E-state index in [1.165, 1.54) is 0 Å². The highest BCUT2D eigenvalue weighted by atomic mass is 16.3. The minimum Gasteiger partial charge on any atom is -0.391 e. The number of hydrogen-bond donors (Lipinski definition) is 1. The Kier molecular flexibility index (Phi) is 2.26. The second-order valence-corrected chi connectivity index (χ2v) is 4.46. The van der Waals surface area contributed by atoms with Crippen LogP contribution in [0.4, 0.5) is 0 Å². The van der Waals surface area contributed by atoms with Crippen molar-refractivity contribution in [3.63, 3.8) is 0 Å². The van der Waals surface area contributed by atoms with Gasteiger partial charge in [-0.05, 0) is 34.1 Å². The smallest absolute Gasteiger partial charge is 0.0705 e. The third-order valence-corrected chi connectivity index (χ3v) is 2.58. The Morgan fingerprint density at radius 2 is 1.91 bits per heavy atom. The van der Waals surface area contributed by atoms with Gasteiger partial charge in [0.1, 0.15) is 0 Å². The minimum absolute atomic E-state index is 0.116. The molecule has 0 aromatic carbocycles. The van der Waals surface area contributed by atoms with Gasteiger partial charge in [0.05, 0.1) is 6.10 Å². The van der Waals surface area contributed by atoms with Crippen LogP contribution in [0.3, 0.4) is 0 Å². The number of nitrogens with zero attached hydrogens (tertiary/aromatic N) is 1. The van der Waals surface area contributed by atoms with E-state index in [1.807, 2.05) is 0 Å². The first-order valence-electron chi connectivity index (χ1n) is 4.38. The fourth-order valence-corrected chi connectivity index (χ4v) is 1.87. The molecule has 0 bridgehead atoms. The average molecular weight is 157 g/mol. The molecule has 0 unspecified atom stereocenters. The molecule has 0 radical (unpaired) electrons. The molecule has 1 saturated heterocycles. The fraction of sp³-hybridized carbons (Fsp3) is 1.00. The molecule has 2 atom stereocenters. The Balaban J connectivity index is 2.62. The Labute approximate surface area is 69.2 Å². The van der Waals surface area contributed by atoms with E-state index in [0.717, 1.165) is 13.0 Å². The summed E-state index contributed by atoms with van der Waals surface area (Å²) in [6.07, 6.45) is 0.813. The topological polar surface area (TPSA) is 23.5 Å². The fourth-order valence-electron chi connectivity index (χ4n) is 1.87. The summed E-state index contributed by atoms with van der Waals surface area (Å²) in [4.78, 5) is 2.36. The Morgan fingerprint density at radius 1 is 1.36 bits per heavy atom. The third-order valence-electron chi connectivity index (χ3n) is 2.58. The number of likely N-dealkylation sites (tertiary alicyclic amines) is 1. The Morgan fingerprint density at radius 3 is 2.09 bits per heavy atom. The molecule has 0 aromatic heterocycles. The van der Waals surface area contributed by atoms with Gasteiger partial charge in [0.2, 0.25) is 0 Å².